The Morgan fingerprint density at radius 2 is 2.00 bits per heavy atom. The molecule has 0 heterocycles. The van der Waals surface area contributed by atoms with Crippen molar-refractivity contribution in [2.45, 2.75) is 19.8 Å². The summed E-state index contributed by atoms with van der Waals surface area (Å²) in [4.78, 5) is 0. The van der Waals surface area contributed by atoms with Gasteiger partial charge in [0.1, 0.15) is 0 Å². The summed E-state index contributed by atoms with van der Waals surface area (Å²) in [6.07, 6.45) is 2.04. The van der Waals surface area contributed by atoms with E-state index < -0.39 is 0 Å². The topological polar surface area (TPSA) is 51.7 Å². The fourth-order valence-corrected chi connectivity index (χ4v) is 0.158. The third-order valence-corrected chi connectivity index (χ3v) is 0.512. The van der Waals surface area contributed by atoms with Crippen LogP contribution in [0.2, 0.25) is 0 Å². The minimum Gasteiger partial charge on any atom is -1.00 e. The molecule has 0 aliphatic heterocycles. The first-order valence-corrected chi connectivity index (χ1v) is 2.02. The van der Waals surface area contributed by atoms with Gasteiger partial charge in [0, 0.05) is 6.61 Å². The number of unbranched alkanes of at least 4 members (excludes halogenated alkanes) is 1. The molecule has 0 bridgehead atoms. The fraction of sp³-hybridized carbons (Fsp3) is 1.00. The summed E-state index contributed by atoms with van der Waals surface area (Å²) < 4.78 is 0. The molecule has 0 radical (unpaired) electrons. The Hall–Kier alpha value is 1.56. The van der Waals surface area contributed by atoms with Crippen molar-refractivity contribution < 1.29 is 63.4 Å². The normalized spacial score (nSPS) is 6.00. The van der Waals surface area contributed by atoms with Gasteiger partial charge in [0.05, 0.1) is 0 Å². The van der Waals surface area contributed by atoms with Crippen LogP contribution in [0.1, 0.15) is 21.2 Å². The number of hydrogen-bond acceptors (Lipinski definition) is 1. The van der Waals surface area contributed by atoms with Crippen molar-refractivity contribution in [1.82, 2.24) is 0 Å². The zero-order valence-corrected chi connectivity index (χ0v) is 8.19. The molecule has 0 aliphatic carbocycles. The van der Waals surface area contributed by atoms with E-state index in [-0.39, 0.29) is 58.3 Å². The first-order valence-electron chi connectivity index (χ1n) is 2.02. The van der Waals surface area contributed by atoms with Crippen LogP contribution in [0.25, 0.3) is 0 Å². The molecule has 0 aliphatic rings. The quantitative estimate of drug-likeness (QED) is 0.402. The van der Waals surface area contributed by atoms with E-state index >= 15 is 0 Å². The summed E-state index contributed by atoms with van der Waals surface area (Å²) in [7, 11) is 0. The summed E-state index contributed by atoms with van der Waals surface area (Å²) in [6.45, 7) is 2.40. The van der Waals surface area contributed by atoms with Crippen molar-refractivity contribution in [2.75, 3.05) is 6.61 Å². The van der Waals surface area contributed by atoms with E-state index in [0.29, 0.717) is 6.61 Å². The first-order chi connectivity index (χ1) is 2.41. The van der Waals surface area contributed by atoms with Gasteiger partial charge in [0.25, 0.3) is 0 Å². The molecular formula is C4H13KO2. The molecule has 0 atom stereocenters. The maximum absolute atomic E-state index is 8.07. The monoisotopic (exact) mass is 132 g/mol. The SMILES string of the molecule is CCCCO.O.[H-].[K+]. The van der Waals surface area contributed by atoms with Crippen LogP contribution in [0.5, 0.6) is 0 Å². The van der Waals surface area contributed by atoms with Gasteiger partial charge in [0.15, 0.2) is 0 Å². The Morgan fingerprint density at radius 1 is 1.57 bits per heavy atom. The van der Waals surface area contributed by atoms with Crippen LogP contribution in [0.3, 0.4) is 0 Å². The summed E-state index contributed by atoms with van der Waals surface area (Å²) >= 11 is 0. The molecule has 42 valence electrons. The zero-order valence-electron chi connectivity index (χ0n) is 6.07. The Bertz CT molecular complexity index is 21.5. The number of aliphatic hydroxyl groups is 1. The van der Waals surface area contributed by atoms with Gasteiger partial charge in [0.2, 0.25) is 0 Å². The predicted molar refractivity (Wildman–Crippen MR) is 26.7 cm³/mol. The van der Waals surface area contributed by atoms with Crippen molar-refractivity contribution in [3.8, 4) is 0 Å². The van der Waals surface area contributed by atoms with Crippen LogP contribution in [0, 0.1) is 0 Å². The molecule has 2 nitrogen and oxygen atoms in total. The maximum Gasteiger partial charge on any atom is 1.00 e. The number of rotatable bonds is 2. The van der Waals surface area contributed by atoms with Gasteiger partial charge in [-0.2, -0.15) is 0 Å². The molecule has 0 unspecified atom stereocenters. The van der Waals surface area contributed by atoms with Crippen molar-refractivity contribution in [3.63, 3.8) is 0 Å². The van der Waals surface area contributed by atoms with Crippen molar-refractivity contribution in [2.24, 2.45) is 0 Å². The molecule has 0 spiro atoms. The number of aliphatic hydroxyl groups excluding tert-OH is 1. The molecule has 0 saturated heterocycles. The predicted octanol–water partition coefficient (Wildman–Crippen LogP) is -2.93. The van der Waals surface area contributed by atoms with E-state index in [1.54, 1.807) is 0 Å². The zero-order chi connectivity index (χ0) is 4.12. The van der Waals surface area contributed by atoms with Crippen LogP contribution >= 0.6 is 0 Å². The summed E-state index contributed by atoms with van der Waals surface area (Å²) in [6, 6.07) is 0. The largest absolute Gasteiger partial charge is 1.00 e. The van der Waals surface area contributed by atoms with Gasteiger partial charge in [-0.25, -0.2) is 0 Å². The second-order valence-corrected chi connectivity index (χ2v) is 1.08. The third kappa shape index (κ3) is 18.4. The second-order valence-electron chi connectivity index (χ2n) is 1.08. The molecule has 0 fully saturated rings. The molecule has 0 aromatic heterocycles. The first kappa shape index (κ1) is 15.8. The molecule has 0 aromatic carbocycles. The third-order valence-electron chi connectivity index (χ3n) is 0.512. The maximum atomic E-state index is 8.07. The van der Waals surface area contributed by atoms with E-state index in [9.17, 15) is 0 Å². The average Bonchev–Trinajstić information content (AvgIpc) is 1.41. The second kappa shape index (κ2) is 15.6. The van der Waals surface area contributed by atoms with Crippen molar-refractivity contribution >= 4 is 0 Å². The Balaban J connectivity index is -0.0000000267. The van der Waals surface area contributed by atoms with Crippen LogP contribution < -0.4 is 51.4 Å². The standard InChI is InChI=1S/C4H10O.K.H2O.H/c1-2-3-4-5;;;/h5H,2-4H2,1H3;;1H2;/q;+1;;-1. The van der Waals surface area contributed by atoms with E-state index in [2.05, 4.69) is 6.92 Å². The molecule has 3 heteroatoms. The van der Waals surface area contributed by atoms with E-state index in [1.165, 1.54) is 0 Å². The fourth-order valence-electron chi connectivity index (χ4n) is 0.158. The Kier molecular flexibility index (Phi) is 35.4. The van der Waals surface area contributed by atoms with Gasteiger partial charge in [-0.3, -0.25) is 0 Å². The molecule has 0 rings (SSSR count). The van der Waals surface area contributed by atoms with Gasteiger partial charge in [-0.15, -0.1) is 0 Å². The molecular weight excluding hydrogens is 119 g/mol. The van der Waals surface area contributed by atoms with Crippen molar-refractivity contribution in [3.05, 3.63) is 0 Å². The molecule has 0 saturated carbocycles. The molecule has 0 aromatic rings. The van der Waals surface area contributed by atoms with Crippen molar-refractivity contribution in [1.29, 1.82) is 0 Å². The van der Waals surface area contributed by atoms with E-state index in [4.69, 9.17) is 5.11 Å². The van der Waals surface area contributed by atoms with Crippen LogP contribution in [-0.2, 0) is 0 Å². The smallest absolute Gasteiger partial charge is 1.00 e. The summed E-state index contributed by atoms with van der Waals surface area (Å²) in [5, 5.41) is 8.07. The van der Waals surface area contributed by atoms with Crippen LogP contribution in [-0.4, -0.2) is 17.2 Å². The summed E-state index contributed by atoms with van der Waals surface area (Å²) in [5.41, 5.74) is 0. The van der Waals surface area contributed by atoms with E-state index in [1.807, 2.05) is 0 Å². The average molecular weight is 132 g/mol. The summed E-state index contributed by atoms with van der Waals surface area (Å²) in [5.74, 6) is 0. The molecule has 3 N–H and O–H groups in total. The molecule has 7 heavy (non-hydrogen) atoms. The minimum atomic E-state index is 0. The van der Waals surface area contributed by atoms with E-state index in [0.717, 1.165) is 12.8 Å². The number of hydrogen-bond donors (Lipinski definition) is 1. The van der Waals surface area contributed by atoms with Gasteiger partial charge in [-0.05, 0) is 6.42 Å². The van der Waals surface area contributed by atoms with Gasteiger partial charge < -0.3 is 12.0 Å². The van der Waals surface area contributed by atoms with Crippen LogP contribution in [0.4, 0.5) is 0 Å². The minimum absolute atomic E-state index is 0. The van der Waals surface area contributed by atoms with Gasteiger partial charge in [-0.1, -0.05) is 13.3 Å². The molecule has 0 amide bonds. The van der Waals surface area contributed by atoms with Gasteiger partial charge >= 0.3 is 51.4 Å². The van der Waals surface area contributed by atoms with Crippen LogP contribution in [0.15, 0.2) is 0 Å². The Labute approximate surface area is 88.5 Å². The Morgan fingerprint density at radius 3 is 2.00 bits per heavy atom.